The Morgan fingerprint density at radius 1 is 1.17 bits per heavy atom. The first-order valence-electron chi connectivity index (χ1n) is 9.38. The highest BCUT2D eigenvalue weighted by Gasteiger charge is 2.24. The molecule has 2 N–H and O–H groups in total. The first-order chi connectivity index (χ1) is 14.4. The van der Waals surface area contributed by atoms with E-state index in [1.54, 1.807) is 22.9 Å². The van der Waals surface area contributed by atoms with Gasteiger partial charge in [0.05, 0.1) is 10.9 Å². The number of carbonyl (C=O) groups excluding carboxylic acids is 2. The highest BCUT2D eigenvalue weighted by Crippen LogP contribution is 2.30. The van der Waals surface area contributed by atoms with Gasteiger partial charge in [0.2, 0.25) is 11.1 Å². The van der Waals surface area contributed by atoms with Crippen LogP contribution in [0.15, 0.2) is 53.7 Å². The fourth-order valence-electron chi connectivity index (χ4n) is 3.34. The van der Waals surface area contributed by atoms with Crippen molar-refractivity contribution >= 4 is 40.0 Å². The van der Waals surface area contributed by atoms with E-state index in [2.05, 4.69) is 25.8 Å². The minimum absolute atomic E-state index is 0.0106. The topological polar surface area (TPSA) is 106 Å². The van der Waals surface area contributed by atoms with Crippen molar-refractivity contribution in [3.8, 4) is 5.69 Å². The van der Waals surface area contributed by atoms with Gasteiger partial charge in [0.15, 0.2) is 5.78 Å². The van der Waals surface area contributed by atoms with Gasteiger partial charge in [0, 0.05) is 34.8 Å². The van der Waals surface area contributed by atoms with Crippen LogP contribution in [0.3, 0.4) is 0 Å². The summed E-state index contributed by atoms with van der Waals surface area (Å²) in [6.45, 7) is 5.20. The normalized spacial score (nSPS) is 12.1. The number of amides is 1. The maximum Gasteiger partial charge on any atom is 0.221 e. The lowest BCUT2D eigenvalue weighted by Gasteiger charge is -2.11. The number of fused-ring (bicyclic) bond motifs is 1. The fourth-order valence-corrected chi connectivity index (χ4v) is 4.21. The fraction of sp³-hybridized carbons (Fsp3) is 0.190. The summed E-state index contributed by atoms with van der Waals surface area (Å²) >= 11 is 1.29. The van der Waals surface area contributed by atoms with Crippen LogP contribution in [-0.2, 0) is 4.79 Å². The molecule has 1 atom stereocenters. The van der Waals surface area contributed by atoms with Gasteiger partial charge < -0.3 is 10.3 Å². The van der Waals surface area contributed by atoms with E-state index < -0.39 is 5.25 Å². The Balaban J connectivity index is 1.60. The summed E-state index contributed by atoms with van der Waals surface area (Å²) < 4.78 is 1.56. The van der Waals surface area contributed by atoms with Crippen LogP contribution >= 0.6 is 11.8 Å². The predicted molar refractivity (Wildman–Crippen MR) is 116 cm³/mol. The highest BCUT2D eigenvalue weighted by atomic mass is 32.2. The number of nitrogens with zero attached hydrogens (tertiary/aromatic N) is 4. The average molecular weight is 420 g/mol. The lowest BCUT2D eigenvalue weighted by molar-refractivity contribution is -0.114. The standard InChI is InChI=1S/C21H20N6O2S/c1-12-19(17-9-4-5-10-18(17)22-12)20(29)13(2)30-21-24-25-26-27(21)16-8-6-7-15(11-16)23-14(3)28/h4-11,13,22H,1-3H3,(H,23,28). The van der Waals surface area contributed by atoms with E-state index in [1.165, 1.54) is 18.7 Å². The van der Waals surface area contributed by atoms with Crippen molar-refractivity contribution in [2.75, 3.05) is 5.32 Å². The number of benzene rings is 2. The molecule has 0 radical (unpaired) electrons. The monoisotopic (exact) mass is 420 g/mol. The number of rotatable bonds is 6. The zero-order chi connectivity index (χ0) is 21.3. The average Bonchev–Trinajstić information content (AvgIpc) is 3.30. The second-order valence-corrected chi connectivity index (χ2v) is 8.21. The highest BCUT2D eigenvalue weighted by molar-refractivity contribution is 8.00. The first-order valence-corrected chi connectivity index (χ1v) is 10.3. The Labute approximate surface area is 177 Å². The Morgan fingerprint density at radius 2 is 1.97 bits per heavy atom. The molecule has 4 aromatic rings. The molecule has 2 aromatic carbocycles. The molecule has 0 aliphatic carbocycles. The minimum atomic E-state index is -0.397. The Bertz CT molecular complexity index is 1250. The SMILES string of the molecule is CC(=O)Nc1cccc(-n2nnnc2SC(C)C(=O)c2c(C)[nH]c3ccccc23)c1. The number of Topliss-reactive ketones (excluding diaryl/α,β-unsaturated/α-hetero) is 1. The number of aromatic amines is 1. The summed E-state index contributed by atoms with van der Waals surface area (Å²) in [5.74, 6) is -0.150. The molecule has 0 aliphatic rings. The van der Waals surface area contributed by atoms with E-state index in [0.29, 0.717) is 22.1 Å². The molecule has 9 heteroatoms. The number of anilines is 1. The lowest BCUT2D eigenvalue weighted by atomic mass is 10.1. The molecule has 2 heterocycles. The van der Waals surface area contributed by atoms with Crippen LogP contribution in [0.5, 0.6) is 0 Å². The van der Waals surface area contributed by atoms with Gasteiger partial charge in [0.25, 0.3) is 0 Å². The van der Waals surface area contributed by atoms with E-state index in [-0.39, 0.29) is 11.7 Å². The van der Waals surface area contributed by atoms with Crippen LogP contribution in [0.4, 0.5) is 5.69 Å². The molecule has 0 aliphatic heterocycles. The third kappa shape index (κ3) is 3.84. The smallest absolute Gasteiger partial charge is 0.221 e. The van der Waals surface area contributed by atoms with Crippen molar-refractivity contribution < 1.29 is 9.59 Å². The second-order valence-electron chi connectivity index (χ2n) is 6.90. The van der Waals surface area contributed by atoms with Gasteiger partial charge in [-0.25, -0.2) is 0 Å². The number of hydrogen-bond donors (Lipinski definition) is 2. The molecule has 1 amide bonds. The maximum absolute atomic E-state index is 13.2. The molecule has 1 unspecified atom stereocenters. The minimum Gasteiger partial charge on any atom is -0.358 e. The van der Waals surface area contributed by atoms with Crippen molar-refractivity contribution in [1.29, 1.82) is 0 Å². The molecule has 0 spiro atoms. The summed E-state index contributed by atoms with van der Waals surface area (Å²) in [5.41, 5.74) is 3.81. The molecule has 0 saturated carbocycles. The van der Waals surface area contributed by atoms with Crippen molar-refractivity contribution in [3.63, 3.8) is 0 Å². The quantitative estimate of drug-likeness (QED) is 0.363. The van der Waals surface area contributed by atoms with E-state index >= 15 is 0 Å². The van der Waals surface area contributed by atoms with Gasteiger partial charge in [-0.2, -0.15) is 4.68 Å². The number of para-hydroxylation sites is 1. The number of nitrogens with one attached hydrogen (secondary N) is 2. The van der Waals surface area contributed by atoms with E-state index in [9.17, 15) is 9.59 Å². The summed E-state index contributed by atoms with van der Waals surface area (Å²) in [7, 11) is 0. The molecule has 0 fully saturated rings. The number of H-pyrrole nitrogens is 1. The molecule has 0 bridgehead atoms. The predicted octanol–water partition coefficient (Wildman–Crippen LogP) is 3.77. The Morgan fingerprint density at radius 3 is 2.77 bits per heavy atom. The van der Waals surface area contributed by atoms with Gasteiger partial charge in [0.1, 0.15) is 0 Å². The molecular weight excluding hydrogens is 400 g/mol. The summed E-state index contributed by atoms with van der Waals surface area (Å²) in [5, 5.41) is 15.7. The molecule has 152 valence electrons. The van der Waals surface area contributed by atoms with Crippen LogP contribution in [0.25, 0.3) is 16.6 Å². The number of hydrogen-bond acceptors (Lipinski definition) is 6. The zero-order valence-corrected chi connectivity index (χ0v) is 17.5. The zero-order valence-electron chi connectivity index (χ0n) is 16.7. The van der Waals surface area contributed by atoms with Crippen molar-refractivity contribution in [2.45, 2.75) is 31.2 Å². The van der Waals surface area contributed by atoms with Gasteiger partial charge in [-0.1, -0.05) is 36.0 Å². The number of aryl methyl sites for hydroxylation is 1. The van der Waals surface area contributed by atoms with Gasteiger partial charge in [-0.05, 0) is 48.5 Å². The number of ketones is 1. The van der Waals surface area contributed by atoms with Crippen LogP contribution in [0.1, 0.15) is 29.9 Å². The van der Waals surface area contributed by atoms with E-state index in [0.717, 1.165) is 16.6 Å². The van der Waals surface area contributed by atoms with Crippen LogP contribution in [0.2, 0.25) is 0 Å². The van der Waals surface area contributed by atoms with Crippen molar-refractivity contribution in [3.05, 3.63) is 59.8 Å². The summed E-state index contributed by atoms with van der Waals surface area (Å²) in [4.78, 5) is 27.8. The number of aromatic nitrogens is 5. The second kappa shape index (κ2) is 8.11. The summed E-state index contributed by atoms with van der Waals surface area (Å²) in [6, 6.07) is 15.0. The van der Waals surface area contributed by atoms with Crippen LogP contribution in [0, 0.1) is 6.92 Å². The molecule has 30 heavy (non-hydrogen) atoms. The maximum atomic E-state index is 13.2. The Kier molecular flexibility index (Phi) is 5.37. The van der Waals surface area contributed by atoms with Gasteiger partial charge in [-0.3, -0.25) is 9.59 Å². The van der Waals surface area contributed by atoms with Crippen molar-refractivity contribution in [1.82, 2.24) is 25.2 Å². The Hall–Kier alpha value is -3.46. The lowest BCUT2D eigenvalue weighted by Crippen LogP contribution is -2.15. The molecule has 2 aromatic heterocycles. The third-order valence-electron chi connectivity index (χ3n) is 4.64. The number of thioether (sulfide) groups is 1. The summed E-state index contributed by atoms with van der Waals surface area (Å²) in [6.07, 6.45) is 0. The van der Waals surface area contributed by atoms with Crippen molar-refractivity contribution in [2.24, 2.45) is 0 Å². The molecule has 0 saturated heterocycles. The first kappa shape index (κ1) is 19.8. The molecule has 8 nitrogen and oxygen atoms in total. The van der Waals surface area contributed by atoms with E-state index in [1.807, 2.05) is 44.2 Å². The van der Waals surface area contributed by atoms with Gasteiger partial charge in [-0.15, -0.1) is 5.10 Å². The third-order valence-corrected chi connectivity index (χ3v) is 5.68. The number of carbonyl (C=O) groups is 2. The number of tetrazole rings is 1. The molecule has 4 rings (SSSR count). The van der Waals surface area contributed by atoms with E-state index in [4.69, 9.17) is 0 Å². The van der Waals surface area contributed by atoms with Crippen LogP contribution < -0.4 is 5.32 Å². The largest absolute Gasteiger partial charge is 0.358 e. The molecular formula is C21H20N6O2S. The van der Waals surface area contributed by atoms with Crippen LogP contribution in [-0.4, -0.2) is 42.1 Å². The van der Waals surface area contributed by atoms with Gasteiger partial charge >= 0.3 is 0 Å².